The van der Waals surface area contributed by atoms with Gasteiger partial charge in [0.15, 0.2) is 0 Å². The fourth-order valence-electron chi connectivity index (χ4n) is 4.97. The molecule has 0 heterocycles. The van der Waals surface area contributed by atoms with Crippen molar-refractivity contribution < 1.29 is 57.2 Å². The van der Waals surface area contributed by atoms with Crippen LogP contribution >= 0.6 is 0 Å². The molecule has 304 valence electrons. The molecular weight excluding hydrogens is 740 g/mol. The molecule has 0 aliphatic heterocycles. The van der Waals surface area contributed by atoms with Crippen LogP contribution < -0.4 is 9.80 Å². The number of anilines is 2. The van der Waals surface area contributed by atoms with Crippen LogP contribution in [-0.2, 0) is 57.2 Å². The van der Waals surface area contributed by atoms with E-state index in [1.54, 1.807) is 48.5 Å². The zero-order chi connectivity index (χ0) is 42.0. The van der Waals surface area contributed by atoms with Gasteiger partial charge in [-0.15, -0.1) is 0 Å². The monoisotopic (exact) mass is 788 g/mol. The highest BCUT2D eigenvalue weighted by molar-refractivity contribution is 5.98. The maximum atomic E-state index is 12.6. The van der Waals surface area contributed by atoms with Crippen LogP contribution in [0.3, 0.4) is 0 Å². The van der Waals surface area contributed by atoms with Gasteiger partial charge in [-0.3, -0.25) is 19.2 Å². The van der Waals surface area contributed by atoms with Crippen molar-refractivity contribution >= 4 is 59.3 Å². The fourth-order valence-corrected chi connectivity index (χ4v) is 4.97. The molecule has 57 heavy (non-hydrogen) atoms. The first-order valence-electron chi connectivity index (χ1n) is 18.1. The van der Waals surface area contributed by atoms with Crippen LogP contribution in [0.1, 0.15) is 58.1 Å². The van der Waals surface area contributed by atoms with Crippen molar-refractivity contribution in [2.75, 3.05) is 75.6 Å². The van der Waals surface area contributed by atoms with Gasteiger partial charge in [0.1, 0.15) is 49.7 Å². The first-order chi connectivity index (χ1) is 27.3. The molecule has 0 aliphatic rings. The number of esters is 6. The van der Waals surface area contributed by atoms with Gasteiger partial charge >= 0.3 is 35.8 Å². The lowest BCUT2D eigenvalue weighted by atomic mass is 10.1. The first kappa shape index (κ1) is 46.5. The van der Waals surface area contributed by atoms with Gasteiger partial charge in [-0.1, -0.05) is 24.3 Å². The van der Waals surface area contributed by atoms with Gasteiger partial charge in [-0.05, 0) is 66.8 Å². The average molecular weight is 789 g/mol. The molecule has 0 aromatic heterocycles. The molecule has 0 N–H and O–H groups in total. The highest BCUT2D eigenvalue weighted by Crippen LogP contribution is 2.19. The molecule has 0 aliphatic carbocycles. The summed E-state index contributed by atoms with van der Waals surface area (Å²) in [6, 6.07) is 17.6. The van der Waals surface area contributed by atoms with Crippen molar-refractivity contribution in [2.45, 2.75) is 47.0 Å². The van der Waals surface area contributed by atoms with Gasteiger partial charge in [-0.25, -0.2) is 9.59 Å². The van der Waals surface area contributed by atoms with Crippen LogP contribution in [0.5, 0.6) is 0 Å². The molecule has 0 spiro atoms. The first-order valence-corrected chi connectivity index (χ1v) is 18.1. The summed E-state index contributed by atoms with van der Waals surface area (Å²) in [5.74, 6) is -3.22. The number of hydrogen-bond donors (Lipinski definition) is 0. The number of carbonyl (C=O) groups is 6. The number of ether oxygens (including phenoxy) is 6. The van der Waals surface area contributed by atoms with E-state index >= 15 is 0 Å². The number of nitrogens with zero attached hydrogens (tertiary/aromatic N) is 4. The summed E-state index contributed by atoms with van der Waals surface area (Å²) in [4.78, 5) is 73.6. The van der Waals surface area contributed by atoms with E-state index in [1.807, 2.05) is 21.9 Å². The van der Waals surface area contributed by atoms with Crippen molar-refractivity contribution in [2.24, 2.45) is 0 Å². The van der Waals surface area contributed by atoms with Crippen molar-refractivity contribution in [3.05, 3.63) is 70.8 Å². The summed E-state index contributed by atoms with van der Waals surface area (Å²) in [5, 5.41) is 19.1. The Hall–Kier alpha value is -6.68. The average Bonchev–Trinajstić information content (AvgIpc) is 3.17. The lowest BCUT2D eigenvalue weighted by Gasteiger charge is -2.24. The molecule has 16 heteroatoms. The Kier molecular flexibility index (Phi) is 21.3. The summed E-state index contributed by atoms with van der Waals surface area (Å²) >= 11 is 0. The highest BCUT2D eigenvalue weighted by Gasteiger charge is 2.14. The van der Waals surface area contributed by atoms with E-state index in [2.05, 4.69) is 0 Å². The van der Waals surface area contributed by atoms with Crippen molar-refractivity contribution in [3.8, 4) is 12.1 Å². The van der Waals surface area contributed by atoms with E-state index in [1.165, 1.54) is 39.8 Å². The normalized spacial score (nSPS) is 10.9. The quantitative estimate of drug-likeness (QED) is 0.0476. The Morgan fingerprint density at radius 2 is 0.772 bits per heavy atom. The number of rotatable bonds is 24. The Morgan fingerprint density at radius 1 is 0.474 bits per heavy atom. The predicted octanol–water partition coefficient (Wildman–Crippen LogP) is 4.32. The smallest absolute Gasteiger partial charge is 0.348 e. The summed E-state index contributed by atoms with van der Waals surface area (Å²) in [5.41, 5.74) is 2.25. The zero-order valence-electron chi connectivity index (χ0n) is 32.7. The fraction of sp³-hybridized carbons (Fsp3) is 0.415. The standard InChI is InChI=1S/C41H48N4O12/c1-30(46)52-22-16-44(17-23-53-31(2)47)38-12-8-34(9-13-38)26-36(28-42)40(50)56-20-6-5-7-21-57-41(51)37(29-43)27-35-10-14-39(15-11-35)45(18-24-54-32(3)48)19-25-55-33(4)49/h8-15,26-27H,5-7,16-25H2,1-4H3. The Morgan fingerprint density at radius 3 is 1.04 bits per heavy atom. The molecule has 16 nitrogen and oxygen atoms in total. The van der Waals surface area contributed by atoms with Crippen LogP contribution in [0, 0.1) is 22.7 Å². The minimum absolute atomic E-state index is 0.0364. The minimum Gasteiger partial charge on any atom is -0.464 e. The van der Waals surface area contributed by atoms with E-state index in [9.17, 15) is 39.3 Å². The van der Waals surface area contributed by atoms with Crippen molar-refractivity contribution in [1.82, 2.24) is 0 Å². The van der Waals surface area contributed by atoms with E-state index in [-0.39, 0.29) is 50.8 Å². The molecular formula is C41H48N4O12. The molecule has 0 amide bonds. The van der Waals surface area contributed by atoms with E-state index < -0.39 is 35.8 Å². The number of unbranched alkanes of at least 4 members (excludes halogenated alkanes) is 2. The van der Waals surface area contributed by atoms with E-state index in [0.717, 1.165) is 11.4 Å². The molecule has 0 radical (unpaired) electrons. The Labute approximate surface area is 332 Å². The molecule has 0 saturated heterocycles. The van der Waals surface area contributed by atoms with Gasteiger partial charge in [0.2, 0.25) is 0 Å². The van der Waals surface area contributed by atoms with Crippen LogP contribution in [0.15, 0.2) is 59.7 Å². The van der Waals surface area contributed by atoms with Crippen LogP contribution in [0.4, 0.5) is 11.4 Å². The molecule has 2 rings (SSSR count). The second-order valence-corrected chi connectivity index (χ2v) is 12.2. The molecule has 0 unspecified atom stereocenters. The van der Waals surface area contributed by atoms with Crippen molar-refractivity contribution in [3.63, 3.8) is 0 Å². The second kappa shape index (κ2) is 26.2. The highest BCUT2D eigenvalue weighted by atomic mass is 16.6. The lowest BCUT2D eigenvalue weighted by Crippen LogP contribution is -2.31. The van der Waals surface area contributed by atoms with Gasteiger partial charge < -0.3 is 38.2 Å². The molecule has 2 aromatic carbocycles. The minimum atomic E-state index is -0.786. The number of benzene rings is 2. The maximum Gasteiger partial charge on any atom is 0.348 e. The number of hydrogen-bond acceptors (Lipinski definition) is 16. The van der Waals surface area contributed by atoms with Gasteiger partial charge in [0.05, 0.1) is 39.4 Å². The molecule has 0 atom stereocenters. The van der Waals surface area contributed by atoms with E-state index in [0.29, 0.717) is 56.6 Å². The zero-order valence-corrected chi connectivity index (χ0v) is 32.7. The number of nitriles is 2. The topological polar surface area (TPSA) is 212 Å². The summed E-state index contributed by atoms with van der Waals surface area (Å²) < 4.78 is 30.7. The third-order valence-electron chi connectivity index (χ3n) is 7.74. The van der Waals surface area contributed by atoms with Crippen LogP contribution in [0.25, 0.3) is 12.2 Å². The summed E-state index contributed by atoms with van der Waals surface area (Å²) in [6.07, 6.45) is 4.23. The summed E-state index contributed by atoms with van der Waals surface area (Å²) in [6.45, 7) is 7.28. The lowest BCUT2D eigenvalue weighted by molar-refractivity contribution is -0.142. The third kappa shape index (κ3) is 19.5. The maximum absolute atomic E-state index is 12.6. The Bertz CT molecular complexity index is 1640. The van der Waals surface area contributed by atoms with Gasteiger partial charge in [-0.2, -0.15) is 10.5 Å². The SMILES string of the molecule is CC(=O)OCCN(CCOC(C)=O)c1ccc(C=C(C#N)C(=O)OCCCCCOC(=O)C(C#N)=Cc2ccc(N(CCOC(C)=O)CCOC(C)=O)cc2)cc1. The third-order valence-corrected chi connectivity index (χ3v) is 7.74. The molecule has 0 fully saturated rings. The summed E-state index contributed by atoms with van der Waals surface area (Å²) in [7, 11) is 0. The molecule has 0 bridgehead atoms. The van der Waals surface area contributed by atoms with E-state index in [4.69, 9.17) is 28.4 Å². The van der Waals surface area contributed by atoms with Gasteiger partial charge in [0.25, 0.3) is 0 Å². The largest absolute Gasteiger partial charge is 0.464 e. The van der Waals surface area contributed by atoms with Crippen LogP contribution in [0.2, 0.25) is 0 Å². The molecule has 0 saturated carbocycles. The van der Waals surface area contributed by atoms with Crippen molar-refractivity contribution in [1.29, 1.82) is 10.5 Å². The molecule has 2 aromatic rings. The predicted molar refractivity (Wildman–Crippen MR) is 207 cm³/mol. The second-order valence-electron chi connectivity index (χ2n) is 12.2. The van der Waals surface area contributed by atoms with Gasteiger partial charge in [0, 0.05) is 39.1 Å². The Balaban J connectivity index is 1.84. The number of carbonyl (C=O) groups excluding carboxylic acids is 6. The van der Waals surface area contributed by atoms with Crippen LogP contribution in [-0.4, -0.2) is 102 Å².